The van der Waals surface area contributed by atoms with Gasteiger partial charge in [0.25, 0.3) is 0 Å². The van der Waals surface area contributed by atoms with Crippen molar-refractivity contribution in [1.82, 2.24) is 5.32 Å². The minimum Gasteiger partial charge on any atom is -0.487 e. The van der Waals surface area contributed by atoms with Gasteiger partial charge < -0.3 is 10.1 Å². The van der Waals surface area contributed by atoms with E-state index in [1.54, 1.807) is 18.2 Å². The van der Waals surface area contributed by atoms with Crippen molar-refractivity contribution >= 4 is 21.6 Å². The molecule has 1 atom stereocenters. The highest BCUT2D eigenvalue weighted by Gasteiger charge is 2.35. The first kappa shape index (κ1) is 21.2. The Bertz CT molecular complexity index is 1030. The number of amides is 1. The lowest BCUT2D eigenvalue weighted by molar-refractivity contribution is -0.120. The van der Waals surface area contributed by atoms with Gasteiger partial charge in [0.1, 0.15) is 17.9 Å². The molecule has 0 saturated carbocycles. The van der Waals surface area contributed by atoms with E-state index in [1.807, 2.05) is 52.0 Å². The fourth-order valence-electron chi connectivity index (χ4n) is 3.66. The molecule has 0 aliphatic carbocycles. The molecule has 0 aromatic heterocycles. The molecule has 1 aliphatic heterocycles. The van der Waals surface area contributed by atoms with E-state index in [0.29, 0.717) is 12.1 Å². The molecule has 6 nitrogen and oxygen atoms in total. The molecular formula is C22H28N2O4S. The minimum absolute atomic E-state index is 0.250. The number of hydrogen-bond donors (Lipinski definition) is 1. The first-order valence-electron chi connectivity index (χ1n) is 9.58. The molecule has 0 fully saturated rings. The van der Waals surface area contributed by atoms with Gasteiger partial charge in [0.2, 0.25) is 15.9 Å². The second-order valence-electron chi connectivity index (χ2n) is 8.34. The lowest BCUT2D eigenvalue weighted by atomic mass is 9.89. The van der Waals surface area contributed by atoms with E-state index in [-0.39, 0.29) is 18.5 Å². The van der Waals surface area contributed by atoms with Crippen molar-refractivity contribution in [1.29, 1.82) is 0 Å². The first-order valence-corrected chi connectivity index (χ1v) is 11.4. The number of carbonyl (C=O) groups excluding carboxylic acids is 1. The molecule has 156 valence electrons. The van der Waals surface area contributed by atoms with Crippen molar-refractivity contribution in [3.05, 3.63) is 59.2 Å². The van der Waals surface area contributed by atoms with Gasteiger partial charge in [0.05, 0.1) is 18.0 Å². The number of ether oxygens (including phenoxy) is 1. The van der Waals surface area contributed by atoms with Gasteiger partial charge >= 0.3 is 0 Å². The lowest BCUT2D eigenvalue weighted by Crippen LogP contribution is -2.45. The van der Waals surface area contributed by atoms with Gasteiger partial charge in [-0.1, -0.05) is 29.8 Å². The van der Waals surface area contributed by atoms with Crippen molar-refractivity contribution in [2.24, 2.45) is 0 Å². The molecular weight excluding hydrogens is 388 g/mol. The Morgan fingerprint density at radius 2 is 1.86 bits per heavy atom. The zero-order chi connectivity index (χ0) is 21.4. The predicted octanol–water partition coefficient (Wildman–Crippen LogP) is 3.49. The fraction of sp³-hybridized carbons (Fsp3) is 0.409. The van der Waals surface area contributed by atoms with Crippen LogP contribution in [-0.4, -0.2) is 32.7 Å². The molecule has 0 spiro atoms. The number of nitrogens with zero attached hydrogens (tertiary/aromatic N) is 1. The molecule has 1 heterocycles. The van der Waals surface area contributed by atoms with Crippen LogP contribution in [0.2, 0.25) is 0 Å². The standard InChI is InChI=1S/C22H28N2O4S/c1-15-7-6-8-17(11-15)24(29(5,26)27)14-21(25)23-19-13-22(3,4)28-20-10-9-16(2)12-18(19)20/h6-12,19H,13-14H2,1-5H3,(H,23,25)/t19-/m0/s1. The summed E-state index contributed by atoms with van der Waals surface area (Å²) < 4.78 is 31.9. The van der Waals surface area contributed by atoms with Crippen LogP contribution in [0.1, 0.15) is 43.0 Å². The number of benzene rings is 2. The SMILES string of the molecule is Cc1cccc(N(CC(=O)N[C@H]2CC(C)(C)Oc3ccc(C)cc32)S(C)(=O)=O)c1. The van der Waals surface area contributed by atoms with Crippen molar-refractivity contribution in [2.75, 3.05) is 17.1 Å². The van der Waals surface area contributed by atoms with Crippen LogP contribution >= 0.6 is 0 Å². The molecule has 0 bridgehead atoms. The van der Waals surface area contributed by atoms with Crippen LogP contribution in [0.15, 0.2) is 42.5 Å². The summed E-state index contributed by atoms with van der Waals surface area (Å²) in [6, 6.07) is 12.8. The Hall–Kier alpha value is -2.54. The molecule has 2 aromatic carbocycles. The number of hydrogen-bond acceptors (Lipinski definition) is 4. The van der Waals surface area contributed by atoms with Crippen LogP contribution < -0.4 is 14.4 Å². The smallest absolute Gasteiger partial charge is 0.241 e. The summed E-state index contributed by atoms with van der Waals surface area (Å²) >= 11 is 0. The topological polar surface area (TPSA) is 75.7 Å². The van der Waals surface area contributed by atoms with E-state index in [2.05, 4.69) is 5.32 Å². The normalized spacial score (nSPS) is 17.8. The van der Waals surface area contributed by atoms with E-state index < -0.39 is 15.6 Å². The second-order valence-corrected chi connectivity index (χ2v) is 10.2. The van der Waals surface area contributed by atoms with Gasteiger partial charge in [0.15, 0.2) is 0 Å². The number of anilines is 1. The third kappa shape index (κ3) is 5.09. The van der Waals surface area contributed by atoms with Crippen molar-refractivity contribution in [2.45, 2.75) is 45.8 Å². The molecule has 0 radical (unpaired) electrons. The monoisotopic (exact) mass is 416 g/mol. The van der Waals surface area contributed by atoms with Gasteiger partial charge in [0, 0.05) is 12.0 Å². The van der Waals surface area contributed by atoms with Gasteiger partial charge in [-0.15, -0.1) is 0 Å². The Morgan fingerprint density at radius 3 is 2.52 bits per heavy atom. The van der Waals surface area contributed by atoms with Crippen LogP contribution in [0.5, 0.6) is 5.75 Å². The molecule has 2 aromatic rings. The quantitative estimate of drug-likeness (QED) is 0.810. The summed E-state index contributed by atoms with van der Waals surface area (Å²) in [5.41, 5.74) is 2.95. The Labute approximate surface area is 172 Å². The van der Waals surface area contributed by atoms with E-state index >= 15 is 0 Å². The number of rotatable bonds is 5. The third-order valence-corrected chi connectivity index (χ3v) is 6.08. The second kappa shape index (κ2) is 7.71. The molecule has 0 saturated heterocycles. The molecule has 1 amide bonds. The number of nitrogens with one attached hydrogen (secondary N) is 1. The number of sulfonamides is 1. The van der Waals surface area contributed by atoms with Crippen LogP contribution in [0.3, 0.4) is 0 Å². The van der Waals surface area contributed by atoms with Gasteiger partial charge in [-0.05, 0) is 51.5 Å². The van der Waals surface area contributed by atoms with Crippen LogP contribution in [0.25, 0.3) is 0 Å². The Morgan fingerprint density at radius 1 is 1.17 bits per heavy atom. The van der Waals surface area contributed by atoms with Crippen LogP contribution in [0.4, 0.5) is 5.69 Å². The molecule has 1 aliphatic rings. The maximum atomic E-state index is 12.9. The summed E-state index contributed by atoms with van der Waals surface area (Å²) in [6.45, 7) is 7.55. The van der Waals surface area contributed by atoms with E-state index in [1.165, 1.54) is 0 Å². The minimum atomic E-state index is -3.61. The van der Waals surface area contributed by atoms with Gasteiger partial charge in [-0.2, -0.15) is 0 Å². The Kier molecular flexibility index (Phi) is 5.63. The average Bonchev–Trinajstić information content (AvgIpc) is 2.58. The maximum Gasteiger partial charge on any atom is 0.241 e. The third-order valence-electron chi connectivity index (χ3n) is 4.94. The summed E-state index contributed by atoms with van der Waals surface area (Å²) in [7, 11) is -3.61. The highest BCUT2D eigenvalue weighted by atomic mass is 32.2. The van der Waals surface area contributed by atoms with Crippen LogP contribution in [0, 0.1) is 13.8 Å². The maximum absolute atomic E-state index is 12.9. The van der Waals surface area contributed by atoms with E-state index in [9.17, 15) is 13.2 Å². The van der Waals surface area contributed by atoms with Crippen LogP contribution in [-0.2, 0) is 14.8 Å². The summed E-state index contributed by atoms with van der Waals surface area (Å²) in [4.78, 5) is 12.9. The van der Waals surface area contributed by atoms with Crippen molar-refractivity contribution in [3.63, 3.8) is 0 Å². The molecule has 3 rings (SSSR count). The zero-order valence-corrected chi connectivity index (χ0v) is 18.3. The van der Waals surface area contributed by atoms with Gasteiger partial charge in [-0.3, -0.25) is 9.10 Å². The van der Waals surface area contributed by atoms with Crippen molar-refractivity contribution < 1.29 is 17.9 Å². The summed E-state index contributed by atoms with van der Waals surface area (Å²) in [5.74, 6) is 0.392. The lowest BCUT2D eigenvalue weighted by Gasteiger charge is -2.38. The van der Waals surface area contributed by atoms with E-state index in [4.69, 9.17) is 4.74 Å². The summed E-state index contributed by atoms with van der Waals surface area (Å²) in [5, 5.41) is 3.02. The molecule has 1 N–H and O–H groups in total. The van der Waals surface area contributed by atoms with Crippen molar-refractivity contribution in [3.8, 4) is 5.75 Å². The highest BCUT2D eigenvalue weighted by molar-refractivity contribution is 7.92. The van der Waals surface area contributed by atoms with E-state index in [0.717, 1.165) is 33.0 Å². The average molecular weight is 417 g/mol. The van der Waals surface area contributed by atoms with Gasteiger partial charge in [-0.25, -0.2) is 8.42 Å². The molecule has 29 heavy (non-hydrogen) atoms. The Balaban J connectivity index is 1.85. The fourth-order valence-corrected chi connectivity index (χ4v) is 4.50. The number of fused-ring (bicyclic) bond motifs is 1. The number of aryl methyl sites for hydroxylation is 2. The predicted molar refractivity (Wildman–Crippen MR) is 115 cm³/mol. The zero-order valence-electron chi connectivity index (χ0n) is 17.5. The molecule has 0 unspecified atom stereocenters. The highest BCUT2D eigenvalue weighted by Crippen LogP contribution is 2.39. The summed E-state index contributed by atoms with van der Waals surface area (Å²) in [6.07, 6.45) is 1.71. The number of carbonyl (C=O) groups is 1. The first-order chi connectivity index (χ1) is 13.4. The molecule has 7 heteroatoms. The largest absolute Gasteiger partial charge is 0.487 e.